The first-order valence-electron chi connectivity index (χ1n) is 8.62. The summed E-state index contributed by atoms with van der Waals surface area (Å²) in [5.41, 5.74) is 0.767. The van der Waals surface area contributed by atoms with Crippen molar-refractivity contribution in [1.82, 2.24) is 4.90 Å². The summed E-state index contributed by atoms with van der Waals surface area (Å²) in [6, 6.07) is 4.48. The Kier molecular flexibility index (Phi) is 5.29. The molecule has 2 unspecified atom stereocenters. The predicted octanol–water partition coefficient (Wildman–Crippen LogP) is 2.10. The number of methoxy groups -OCH3 is 1. The number of ether oxygens (including phenoxy) is 2. The molecule has 2 N–H and O–H groups in total. The highest BCUT2D eigenvalue weighted by Crippen LogP contribution is 2.37. The summed E-state index contributed by atoms with van der Waals surface area (Å²) in [7, 11) is -1.92. The number of urea groups is 1. The lowest BCUT2D eigenvalue weighted by molar-refractivity contribution is -0.0717. The highest BCUT2D eigenvalue weighted by atomic mass is 32.2. The highest BCUT2D eigenvalue weighted by Gasteiger charge is 2.38. The number of carbonyl (C=O) groups excluding carboxylic acids is 1. The zero-order chi connectivity index (χ0) is 18.9. The normalized spacial score (nSPS) is 23.4. The molecule has 2 aliphatic rings. The summed E-state index contributed by atoms with van der Waals surface area (Å²) in [5.74, 6) is 1.00. The number of hydrogen-bond donors (Lipinski definition) is 2. The molecule has 1 heterocycles. The number of nitrogens with zero attached hydrogens (tertiary/aromatic N) is 1. The molecule has 1 saturated heterocycles. The van der Waals surface area contributed by atoms with E-state index in [0.29, 0.717) is 36.1 Å². The van der Waals surface area contributed by atoms with E-state index < -0.39 is 10.0 Å². The van der Waals surface area contributed by atoms with Crippen LogP contribution in [0.15, 0.2) is 18.2 Å². The van der Waals surface area contributed by atoms with Gasteiger partial charge in [0.25, 0.3) is 0 Å². The zero-order valence-electron chi connectivity index (χ0n) is 15.2. The summed E-state index contributed by atoms with van der Waals surface area (Å²) in [6.45, 7) is 3.04. The number of rotatable bonds is 5. The topological polar surface area (TPSA) is 97.0 Å². The predicted molar refractivity (Wildman–Crippen MR) is 99.1 cm³/mol. The Hall–Kier alpha value is -2.00. The van der Waals surface area contributed by atoms with Crippen LogP contribution >= 0.6 is 0 Å². The minimum Gasteiger partial charge on any atom is -0.495 e. The van der Waals surface area contributed by atoms with Crippen molar-refractivity contribution >= 4 is 27.4 Å². The Morgan fingerprint density at radius 3 is 2.65 bits per heavy atom. The number of morpholine rings is 1. The molecule has 2 amide bonds. The quantitative estimate of drug-likeness (QED) is 0.812. The molecule has 3 rings (SSSR count). The van der Waals surface area contributed by atoms with Crippen molar-refractivity contribution in [3.63, 3.8) is 0 Å². The van der Waals surface area contributed by atoms with Crippen molar-refractivity contribution in [2.24, 2.45) is 5.92 Å². The molecule has 2 fully saturated rings. The maximum atomic E-state index is 12.7. The van der Waals surface area contributed by atoms with Crippen LogP contribution in [0.1, 0.15) is 19.8 Å². The van der Waals surface area contributed by atoms with Gasteiger partial charge in [0.1, 0.15) is 5.75 Å². The lowest BCUT2D eigenvalue weighted by Gasteiger charge is -2.37. The fourth-order valence-corrected chi connectivity index (χ4v) is 3.71. The van der Waals surface area contributed by atoms with Crippen molar-refractivity contribution in [2.45, 2.75) is 32.0 Å². The standard InChI is InChI=1S/C17H25N3O5S/c1-11-9-20(10-16(25-11)12-4-5-12)17(21)18-14-8-13(19-26(3,22)23)6-7-15(14)24-2/h6-8,11-12,16,19H,4-5,9-10H2,1-3H3,(H,18,21). The first-order chi connectivity index (χ1) is 12.2. The Bertz CT molecular complexity index is 779. The van der Waals surface area contributed by atoms with E-state index in [-0.39, 0.29) is 18.2 Å². The van der Waals surface area contributed by atoms with Gasteiger partial charge in [0.15, 0.2) is 0 Å². The van der Waals surface area contributed by atoms with Crippen molar-refractivity contribution in [3.05, 3.63) is 18.2 Å². The largest absolute Gasteiger partial charge is 0.495 e. The summed E-state index contributed by atoms with van der Waals surface area (Å²) in [5, 5.41) is 2.83. The SMILES string of the molecule is COc1ccc(NS(C)(=O)=O)cc1NC(=O)N1CC(C)OC(C2CC2)C1. The molecule has 2 atom stereocenters. The molecule has 0 radical (unpaired) electrons. The van der Waals surface area contributed by atoms with E-state index in [9.17, 15) is 13.2 Å². The molecule has 1 aromatic rings. The second kappa shape index (κ2) is 7.32. The molecule has 0 spiro atoms. The molecule has 1 aromatic carbocycles. The number of hydrogen-bond acceptors (Lipinski definition) is 5. The van der Waals surface area contributed by atoms with Gasteiger partial charge in [0.2, 0.25) is 10.0 Å². The zero-order valence-corrected chi connectivity index (χ0v) is 16.0. The number of benzene rings is 1. The van der Waals surface area contributed by atoms with Crippen LogP contribution < -0.4 is 14.8 Å². The Balaban J connectivity index is 1.73. The smallest absolute Gasteiger partial charge is 0.322 e. The fraction of sp³-hybridized carbons (Fsp3) is 0.588. The Morgan fingerprint density at radius 1 is 1.31 bits per heavy atom. The van der Waals surface area contributed by atoms with Crippen LogP contribution in [-0.2, 0) is 14.8 Å². The summed E-state index contributed by atoms with van der Waals surface area (Å²) < 4.78 is 36.5. The van der Waals surface area contributed by atoms with Crippen LogP contribution in [0.5, 0.6) is 5.75 Å². The fourth-order valence-electron chi connectivity index (χ4n) is 3.16. The minimum atomic E-state index is -3.41. The first-order valence-corrected chi connectivity index (χ1v) is 10.5. The Morgan fingerprint density at radius 2 is 2.04 bits per heavy atom. The number of nitrogens with one attached hydrogen (secondary N) is 2. The number of amides is 2. The maximum Gasteiger partial charge on any atom is 0.322 e. The van der Waals surface area contributed by atoms with E-state index >= 15 is 0 Å². The van der Waals surface area contributed by atoms with E-state index in [1.54, 1.807) is 23.1 Å². The monoisotopic (exact) mass is 383 g/mol. The highest BCUT2D eigenvalue weighted by molar-refractivity contribution is 7.92. The van der Waals surface area contributed by atoms with E-state index in [4.69, 9.17) is 9.47 Å². The molecule has 1 saturated carbocycles. The molecular formula is C17H25N3O5S. The van der Waals surface area contributed by atoms with Gasteiger partial charge < -0.3 is 19.7 Å². The van der Waals surface area contributed by atoms with Gasteiger partial charge in [-0.15, -0.1) is 0 Å². The summed E-state index contributed by atoms with van der Waals surface area (Å²) in [6.07, 6.45) is 3.45. The van der Waals surface area contributed by atoms with E-state index in [1.165, 1.54) is 7.11 Å². The van der Waals surface area contributed by atoms with Crippen LogP contribution in [0.2, 0.25) is 0 Å². The van der Waals surface area contributed by atoms with Gasteiger partial charge in [-0.05, 0) is 43.9 Å². The van der Waals surface area contributed by atoms with Crippen LogP contribution in [0.25, 0.3) is 0 Å². The molecule has 0 aromatic heterocycles. The van der Waals surface area contributed by atoms with E-state index in [2.05, 4.69) is 10.0 Å². The van der Waals surface area contributed by atoms with Gasteiger partial charge in [-0.3, -0.25) is 4.72 Å². The molecule has 8 nitrogen and oxygen atoms in total. The second-order valence-corrected chi connectivity index (χ2v) is 8.70. The third-order valence-electron chi connectivity index (χ3n) is 4.46. The van der Waals surface area contributed by atoms with Gasteiger partial charge in [0.05, 0.1) is 36.9 Å². The van der Waals surface area contributed by atoms with Crippen molar-refractivity contribution in [2.75, 3.05) is 36.5 Å². The van der Waals surface area contributed by atoms with Gasteiger partial charge in [-0.1, -0.05) is 0 Å². The Labute approximate surface area is 153 Å². The van der Waals surface area contributed by atoms with E-state index in [0.717, 1.165) is 19.1 Å². The molecule has 144 valence electrons. The average Bonchev–Trinajstić information content (AvgIpc) is 3.38. The minimum absolute atomic E-state index is 0.0137. The number of anilines is 2. The molecule has 9 heteroatoms. The molecular weight excluding hydrogens is 358 g/mol. The lowest BCUT2D eigenvalue weighted by Crippen LogP contribution is -2.51. The molecule has 0 bridgehead atoms. The third-order valence-corrected chi connectivity index (χ3v) is 5.07. The van der Waals surface area contributed by atoms with Gasteiger partial charge >= 0.3 is 6.03 Å². The maximum absolute atomic E-state index is 12.7. The molecule has 1 aliphatic heterocycles. The second-order valence-electron chi connectivity index (χ2n) is 6.95. The van der Waals surface area contributed by atoms with Gasteiger partial charge in [-0.2, -0.15) is 0 Å². The van der Waals surface area contributed by atoms with E-state index in [1.807, 2.05) is 6.92 Å². The van der Waals surface area contributed by atoms with Crippen molar-refractivity contribution in [1.29, 1.82) is 0 Å². The van der Waals surface area contributed by atoms with Crippen molar-refractivity contribution < 1.29 is 22.7 Å². The van der Waals surface area contributed by atoms with Gasteiger partial charge in [-0.25, -0.2) is 13.2 Å². The lowest BCUT2D eigenvalue weighted by atomic mass is 10.1. The molecule has 1 aliphatic carbocycles. The van der Waals surface area contributed by atoms with Crippen LogP contribution in [0.4, 0.5) is 16.2 Å². The molecule has 26 heavy (non-hydrogen) atoms. The van der Waals surface area contributed by atoms with Crippen molar-refractivity contribution in [3.8, 4) is 5.75 Å². The van der Waals surface area contributed by atoms with Crippen LogP contribution in [0, 0.1) is 5.92 Å². The number of sulfonamides is 1. The van der Waals surface area contributed by atoms with Gasteiger partial charge in [0, 0.05) is 13.1 Å². The third kappa shape index (κ3) is 4.79. The van der Waals surface area contributed by atoms with Crippen LogP contribution in [-0.4, -0.2) is 58.0 Å². The first kappa shape index (κ1) is 18.8. The average molecular weight is 383 g/mol. The van der Waals surface area contributed by atoms with Crippen LogP contribution in [0.3, 0.4) is 0 Å². The summed E-state index contributed by atoms with van der Waals surface area (Å²) >= 11 is 0. The number of carbonyl (C=O) groups is 1. The summed E-state index contributed by atoms with van der Waals surface area (Å²) in [4.78, 5) is 14.5.